The zero-order valence-electron chi connectivity index (χ0n) is 17.7. The van der Waals surface area contributed by atoms with E-state index in [1.165, 1.54) is 42.7 Å². The molecule has 1 amide bonds. The number of hydrogen-bond donors (Lipinski definition) is 1. The third-order valence-electron chi connectivity index (χ3n) is 5.50. The molecular weight excluding hydrogens is 469 g/mol. The number of piperazine rings is 1. The van der Waals surface area contributed by atoms with E-state index in [2.05, 4.69) is 9.62 Å². The van der Waals surface area contributed by atoms with Gasteiger partial charge in [0, 0.05) is 43.3 Å². The molecule has 174 valence electrons. The van der Waals surface area contributed by atoms with Crippen molar-refractivity contribution >= 4 is 27.5 Å². The lowest BCUT2D eigenvalue weighted by Gasteiger charge is -2.35. The molecule has 0 unspecified atom stereocenters. The van der Waals surface area contributed by atoms with Crippen LogP contribution in [0.15, 0.2) is 70.2 Å². The number of carbonyl (C=O) groups excluding carboxylic acids is 1. The van der Waals surface area contributed by atoms with Crippen LogP contribution in [0.3, 0.4) is 0 Å². The molecule has 10 heteroatoms. The van der Waals surface area contributed by atoms with E-state index in [-0.39, 0.29) is 23.2 Å². The van der Waals surface area contributed by atoms with Crippen molar-refractivity contribution in [2.45, 2.75) is 18.0 Å². The molecule has 2 aromatic carbocycles. The van der Waals surface area contributed by atoms with Crippen LogP contribution in [0, 0.1) is 5.82 Å². The van der Waals surface area contributed by atoms with Crippen LogP contribution in [0.4, 0.5) is 4.39 Å². The largest absolute Gasteiger partial charge is 0.468 e. The first-order valence-electron chi connectivity index (χ1n) is 10.4. The zero-order chi connectivity index (χ0) is 23.4. The highest BCUT2D eigenvalue weighted by Crippen LogP contribution is 2.20. The Morgan fingerprint density at radius 2 is 1.79 bits per heavy atom. The van der Waals surface area contributed by atoms with Crippen molar-refractivity contribution in [3.63, 3.8) is 0 Å². The first-order valence-corrected chi connectivity index (χ1v) is 12.3. The summed E-state index contributed by atoms with van der Waals surface area (Å²) >= 11 is 6.12. The van der Waals surface area contributed by atoms with Crippen molar-refractivity contribution in [2.75, 3.05) is 26.2 Å². The van der Waals surface area contributed by atoms with E-state index in [9.17, 15) is 17.6 Å². The number of halogens is 2. The maximum absolute atomic E-state index is 13.2. The van der Waals surface area contributed by atoms with E-state index in [1.807, 2.05) is 0 Å². The number of nitrogens with one attached hydrogen (secondary N) is 1. The van der Waals surface area contributed by atoms with Gasteiger partial charge in [-0.3, -0.25) is 9.69 Å². The van der Waals surface area contributed by atoms with Gasteiger partial charge in [0.1, 0.15) is 11.6 Å². The predicted octanol–water partition coefficient (Wildman–Crippen LogP) is 3.51. The second-order valence-corrected chi connectivity index (χ2v) is 9.91. The quantitative estimate of drug-likeness (QED) is 0.547. The fourth-order valence-corrected chi connectivity index (χ4v) is 4.84. The molecule has 33 heavy (non-hydrogen) atoms. The number of amides is 1. The second kappa shape index (κ2) is 10.0. The SMILES string of the molecule is O=C(c1ccc(S(=O)(=O)NCc2ccco2)cc1)N1CCN(Cc2ccc(F)cc2Cl)CC1. The van der Waals surface area contributed by atoms with Crippen molar-refractivity contribution in [2.24, 2.45) is 0 Å². The minimum Gasteiger partial charge on any atom is -0.468 e. The molecule has 1 aliphatic heterocycles. The Bertz CT molecular complexity index is 1210. The molecule has 1 fully saturated rings. The summed E-state index contributed by atoms with van der Waals surface area (Å²) < 4.78 is 45.7. The molecule has 7 nitrogen and oxygen atoms in total. The Hall–Kier alpha value is -2.72. The maximum atomic E-state index is 13.2. The summed E-state index contributed by atoms with van der Waals surface area (Å²) in [6.45, 7) is 3.00. The van der Waals surface area contributed by atoms with Gasteiger partial charge < -0.3 is 9.32 Å². The lowest BCUT2D eigenvalue weighted by Crippen LogP contribution is -2.48. The van der Waals surface area contributed by atoms with Crippen molar-refractivity contribution < 1.29 is 22.0 Å². The number of hydrogen-bond acceptors (Lipinski definition) is 5. The Balaban J connectivity index is 1.32. The van der Waals surface area contributed by atoms with Crippen LogP contribution in [0.5, 0.6) is 0 Å². The number of furan rings is 1. The Morgan fingerprint density at radius 1 is 1.06 bits per heavy atom. The van der Waals surface area contributed by atoms with Gasteiger partial charge in [0.15, 0.2) is 0 Å². The summed E-state index contributed by atoms with van der Waals surface area (Å²) in [4.78, 5) is 16.8. The third-order valence-corrected chi connectivity index (χ3v) is 7.27. The summed E-state index contributed by atoms with van der Waals surface area (Å²) in [6, 6.07) is 13.6. The van der Waals surface area contributed by atoms with E-state index in [0.717, 1.165) is 5.56 Å². The molecule has 4 rings (SSSR count). The Labute approximate surface area is 196 Å². The van der Waals surface area contributed by atoms with Gasteiger partial charge >= 0.3 is 0 Å². The summed E-state index contributed by atoms with van der Waals surface area (Å²) in [5, 5.41) is 0.391. The van der Waals surface area contributed by atoms with Crippen LogP contribution in [0.1, 0.15) is 21.7 Å². The molecule has 0 bridgehead atoms. The molecule has 0 atom stereocenters. The third kappa shape index (κ3) is 5.80. The standard InChI is InChI=1S/C23H23ClFN3O4S/c24-22-14-19(25)6-3-18(22)16-27-9-11-28(12-10-27)23(29)17-4-7-21(8-5-17)33(30,31)26-15-20-2-1-13-32-20/h1-8,13-14,26H,9-12,15-16H2. The summed E-state index contributed by atoms with van der Waals surface area (Å²) in [7, 11) is -3.72. The second-order valence-electron chi connectivity index (χ2n) is 7.73. The normalized spacial score (nSPS) is 15.0. The first-order chi connectivity index (χ1) is 15.8. The number of benzene rings is 2. The number of rotatable bonds is 7. The first kappa shape index (κ1) is 23.4. The molecule has 1 saturated heterocycles. The summed E-state index contributed by atoms with van der Waals surface area (Å²) in [6.07, 6.45) is 1.47. The molecule has 1 N–H and O–H groups in total. The predicted molar refractivity (Wildman–Crippen MR) is 122 cm³/mol. The van der Waals surface area contributed by atoms with E-state index in [1.54, 1.807) is 23.1 Å². The fourth-order valence-electron chi connectivity index (χ4n) is 3.62. The van der Waals surface area contributed by atoms with Crippen molar-refractivity contribution in [1.82, 2.24) is 14.5 Å². The molecular formula is C23H23ClFN3O4S. The monoisotopic (exact) mass is 491 g/mol. The van der Waals surface area contributed by atoms with Crippen LogP contribution in [0.25, 0.3) is 0 Å². The molecule has 0 saturated carbocycles. The smallest absolute Gasteiger partial charge is 0.253 e. The van der Waals surface area contributed by atoms with Gasteiger partial charge in [-0.25, -0.2) is 17.5 Å². The fraction of sp³-hybridized carbons (Fsp3) is 0.261. The van der Waals surface area contributed by atoms with Crippen molar-refractivity contribution in [1.29, 1.82) is 0 Å². The number of carbonyl (C=O) groups is 1. The van der Waals surface area contributed by atoms with E-state index >= 15 is 0 Å². The molecule has 1 aliphatic rings. The van der Waals surface area contributed by atoms with Crippen molar-refractivity contribution in [3.05, 3.63) is 88.6 Å². The number of nitrogens with zero attached hydrogens (tertiary/aromatic N) is 2. The van der Waals surface area contributed by atoms with Crippen LogP contribution in [-0.4, -0.2) is 50.3 Å². The molecule has 0 aliphatic carbocycles. The summed E-state index contributed by atoms with van der Waals surface area (Å²) in [5.74, 6) is -0.0144. The average molecular weight is 492 g/mol. The minimum atomic E-state index is -3.72. The van der Waals surface area contributed by atoms with Gasteiger partial charge in [0.05, 0.1) is 17.7 Å². The van der Waals surface area contributed by atoms with E-state index in [0.29, 0.717) is 49.1 Å². The Morgan fingerprint density at radius 3 is 2.42 bits per heavy atom. The maximum Gasteiger partial charge on any atom is 0.253 e. The van der Waals surface area contributed by atoms with Crippen LogP contribution in [-0.2, 0) is 23.1 Å². The molecule has 1 aromatic heterocycles. The zero-order valence-corrected chi connectivity index (χ0v) is 19.3. The molecule has 0 spiro atoms. The van der Waals surface area contributed by atoms with Crippen LogP contribution < -0.4 is 4.72 Å². The minimum absolute atomic E-state index is 0.0451. The summed E-state index contributed by atoms with van der Waals surface area (Å²) in [5.41, 5.74) is 1.27. The lowest BCUT2D eigenvalue weighted by atomic mass is 10.1. The highest BCUT2D eigenvalue weighted by Gasteiger charge is 2.23. The van der Waals surface area contributed by atoms with Crippen LogP contribution >= 0.6 is 11.6 Å². The van der Waals surface area contributed by atoms with Gasteiger partial charge in [0.2, 0.25) is 10.0 Å². The van der Waals surface area contributed by atoms with Gasteiger partial charge in [-0.1, -0.05) is 17.7 Å². The number of sulfonamides is 1. The topological polar surface area (TPSA) is 82.9 Å². The highest BCUT2D eigenvalue weighted by molar-refractivity contribution is 7.89. The average Bonchev–Trinajstić information content (AvgIpc) is 3.34. The van der Waals surface area contributed by atoms with Gasteiger partial charge in [-0.15, -0.1) is 0 Å². The lowest BCUT2D eigenvalue weighted by molar-refractivity contribution is 0.0628. The molecule has 2 heterocycles. The van der Waals surface area contributed by atoms with Gasteiger partial charge in [-0.05, 0) is 54.1 Å². The Kier molecular flexibility index (Phi) is 7.14. The van der Waals surface area contributed by atoms with Gasteiger partial charge in [-0.2, -0.15) is 0 Å². The molecule has 3 aromatic rings. The van der Waals surface area contributed by atoms with Crippen molar-refractivity contribution in [3.8, 4) is 0 Å². The van der Waals surface area contributed by atoms with Crippen LogP contribution in [0.2, 0.25) is 5.02 Å². The van der Waals surface area contributed by atoms with E-state index in [4.69, 9.17) is 16.0 Å². The highest BCUT2D eigenvalue weighted by atomic mass is 35.5. The molecule has 0 radical (unpaired) electrons. The van der Waals surface area contributed by atoms with E-state index < -0.39 is 10.0 Å². The van der Waals surface area contributed by atoms with Gasteiger partial charge in [0.25, 0.3) is 5.91 Å².